The zero-order valence-electron chi connectivity index (χ0n) is 17.1. The fraction of sp³-hybridized carbons (Fsp3) is 0.0833. The number of pyridine rings is 1. The highest BCUT2D eigenvalue weighted by atomic mass is 19.1. The highest BCUT2D eigenvalue weighted by Gasteiger charge is 2.12. The van der Waals surface area contributed by atoms with Gasteiger partial charge in [-0.25, -0.2) is 14.2 Å². The number of aromatic nitrogens is 3. The van der Waals surface area contributed by atoms with Crippen molar-refractivity contribution in [2.75, 3.05) is 10.6 Å². The molecule has 160 valence electrons. The molecule has 0 saturated heterocycles. The second-order valence-corrected chi connectivity index (χ2v) is 7.49. The Hall–Kier alpha value is -4.17. The summed E-state index contributed by atoms with van der Waals surface area (Å²) in [5.41, 5.74) is 10.0. The predicted molar refractivity (Wildman–Crippen MR) is 124 cm³/mol. The Bertz CT molecular complexity index is 1440. The van der Waals surface area contributed by atoms with E-state index in [-0.39, 0.29) is 12.2 Å². The molecular weight excluding hydrogens is 407 g/mol. The summed E-state index contributed by atoms with van der Waals surface area (Å²) in [6.45, 7) is 0.915. The summed E-state index contributed by atoms with van der Waals surface area (Å²) >= 11 is 0. The average Bonchev–Trinajstić information content (AvgIpc) is 3.41. The van der Waals surface area contributed by atoms with Crippen molar-refractivity contribution in [3.05, 3.63) is 90.1 Å². The van der Waals surface area contributed by atoms with Gasteiger partial charge in [0.25, 0.3) is 0 Å². The van der Waals surface area contributed by atoms with Crippen LogP contribution in [0.15, 0.2) is 73.2 Å². The summed E-state index contributed by atoms with van der Waals surface area (Å²) < 4.78 is 16.2. The number of anilines is 2. The van der Waals surface area contributed by atoms with Gasteiger partial charge in [-0.2, -0.15) is 0 Å². The van der Waals surface area contributed by atoms with E-state index in [1.165, 1.54) is 12.1 Å². The molecule has 0 bridgehead atoms. The first-order valence-electron chi connectivity index (χ1n) is 10.2. The molecule has 0 spiro atoms. The van der Waals surface area contributed by atoms with Crippen molar-refractivity contribution in [2.45, 2.75) is 13.1 Å². The van der Waals surface area contributed by atoms with Gasteiger partial charge in [0.2, 0.25) is 0 Å². The number of hydrogen-bond acceptors (Lipinski definition) is 3. The van der Waals surface area contributed by atoms with Crippen LogP contribution in [0.5, 0.6) is 0 Å². The number of amides is 2. The number of nitrogens with zero attached hydrogens (tertiary/aromatic N) is 2. The van der Waals surface area contributed by atoms with E-state index in [9.17, 15) is 9.18 Å². The van der Waals surface area contributed by atoms with Crippen molar-refractivity contribution in [3.63, 3.8) is 0 Å². The third-order valence-corrected chi connectivity index (χ3v) is 5.45. The first-order valence-corrected chi connectivity index (χ1v) is 10.2. The molecule has 5 aromatic rings. The maximum absolute atomic E-state index is 14.1. The fourth-order valence-electron chi connectivity index (χ4n) is 3.87. The van der Waals surface area contributed by atoms with E-state index in [0.717, 1.165) is 33.1 Å². The van der Waals surface area contributed by atoms with Crippen LogP contribution < -0.4 is 16.4 Å². The van der Waals surface area contributed by atoms with Crippen LogP contribution in [0.4, 0.5) is 20.6 Å². The topological polar surface area (TPSA) is 101 Å². The number of benzene rings is 2. The maximum atomic E-state index is 14.1. The molecule has 5 rings (SSSR count). The SMILES string of the molecule is NCc1ccc(F)c(NC(=O)Nc2cccc3c2ccn3Cc2c[nH]c3ncccc23)c1. The van der Waals surface area contributed by atoms with Gasteiger partial charge in [0, 0.05) is 42.5 Å². The van der Waals surface area contributed by atoms with Crippen LogP contribution in [0, 0.1) is 5.82 Å². The molecule has 2 aromatic carbocycles. The zero-order valence-corrected chi connectivity index (χ0v) is 17.1. The van der Waals surface area contributed by atoms with Gasteiger partial charge in [0.05, 0.1) is 16.9 Å². The van der Waals surface area contributed by atoms with Gasteiger partial charge >= 0.3 is 6.03 Å². The minimum absolute atomic E-state index is 0.0862. The number of halogens is 1. The van der Waals surface area contributed by atoms with Crippen molar-refractivity contribution in [1.29, 1.82) is 0 Å². The maximum Gasteiger partial charge on any atom is 0.323 e. The summed E-state index contributed by atoms with van der Waals surface area (Å²) in [4.78, 5) is 20.1. The lowest BCUT2D eigenvalue weighted by molar-refractivity contribution is 0.262. The first kappa shape index (κ1) is 19.8. The van der Waals surface area contributed by atoms with Crippen molar-refractivity contribution < 1.29 is 9.18 Å². The molecule has 3 aromatic heterocycles. The van der Waals surface area contributed by atoms with Crippen LogP contribution in [-0.4, -0.2) is 20.6 Å². The molecule has 0 aliphatic rings. The molecule has 0 atom stereocenters. The van der Waals surface area contributed by atoms with Gasteiger partial charge in [-0.3, -0.25) is 0 Å². The lowest BCUT2D eigenvalue weighted by atomic mass is 10.2. The number of H-pyrrole nitrogens is 1. The number of nitrogens with one attached hydrogen (secondary N) is 3. The van der Waals surface area contributed by atoms with Gasteiger partial charge < -0.3 is 25.9 Å². The van der Waals surface area contributed by atoms with Crippen LogP contribution in [0.1, 0.15) is 11.1 Å². The number of nitrogens with two attached hydrogens (primary N) is 1. The van der Waals surface area contributed by atoms with E-state index >= 15 is 0 Å². The lowest BCUT2D eigenvalue weighted by Gasteiger charge is -2.11. The number of carbonyl (C=O) groups is 1. The summed E-state index contributed by atoms with van der Waals surface area (Å²) in [5, 5.41) is 7.35. The number of carbonyl (C=O) groups excluding carboxylic acids is 1. The number of urea groups is 1. The Balaban J connectivity index is 1.39. The number of rotatable bonds is 5. The van der Waals surface area contributed by atoms with Crippen LogP contribution in [0.3, 0.4) is 0 Å². The van der Waals surface area contributed by atoms with Crippen LogP contribution >= 0.6 is 0 Å². The molecule has 0 saturated carbocycles. The van der Waals surface area contributed by atoms with Crippen molar-refractivity contribution in [1.82, 2.24) is 14.5 Å². The van der Waals surface area contributed by atoms with Crippen molar-refractivity contribution in [2.24, 2.45) is 5.73 Å². The molecule has 0 unspecified atom stereocenters. The molecule has 5 N–H and O–H groups in total. The highest BCUT2D eigenvalue weighted by molar-refractivity contribution is 6.06. The highest BCUT2D eigenvalue weighted by Crippen LogP contribution is 2.27. The Morgan fingerprint density at radius 3 is 2.81 bits per heavy atom. The van der Waals surface area contributed by atoms with E-state index in [1.807, 2.05) is 48.8 Å². The van der Waals surface area contributed by atoms with Gasteiger partial charge in [-0.1, -0.05) is 12.1 Å². The van der Waals surface area contributed by atoms with Gasteiger partial charge in [-0.05, 0) is 53.6 Å². The van der Waals surface area contributed by atoms with E-state index in [2.05, 4.69) is 25.2 Å². The van der Waals surface area contributed by atoms with E-state index < -0.39 is 11.8 Å². The third-order valence-electron chi connectivity index (χ3n) is 5.45. The van der Waals surface area contributed by atoms with Crippen molar-refractivity contribution in [3.8, 4) is 0 Å². The minimum Gasteiger partial charge on any atom is -0.346 e. The van der Waals surface area contributed by atoms with E-state index in [0.29, 0.717) is 12.2 Å². The molecule has 3 heterocycles. The van der Waals surface area contributed by atoms with E-state index in [4.69, 9.17) is 5.73 Å². The summed E-state index contributed by atoms with van der Waals surface area (Å²) in [5.74, 6) is -0.519. The second-order valence-electron chi connectivity index (χ2n) is 7.49. The first-order chi connectivity index (χ1) is 15.6. The second kappa shape index (κ2) is 8.16. The Morgan fingerprint density at radius 1 is 1.06 bits per heavy atom. The molecular formula is C24H21FN6O. The van der Waals surface area contributed by atoms with Crippen LogP contribution in [-0.2, 0) is 13.1 Å². The number of aromatic amines is 1. The molecule has 8 heteroatoms. The summed E-state index contributed by atoms with van der Waals surface area (Å²) in [7, 11) is 0. The largest absolute Gasteiger partial charge is 0.346 e. The minimum atomic E-state index is -0.527. The molecule has 7 nitrogen and oxygen atoms in total. The normalized spacial score (nSPS) is 11.2. The van der Waals surface area contributed by atoms with E-state index in [1.54, 1.807) is 12.3 Å². The monoisotopic (exact) mass is 428 g/mol. The van der Waals surface area contributed by atoms with Crippen LogP contribution in [0.2, 0.25) is 0 Å². The Labute approximate surface area is 183 Å². The Morgan fingerprint density at radius 2 is 1.94 bits per heavy atom. The number of fused-ring (bicyclic) bond motifs is 2. The van der Waals surface area contributed by atoms with Crippen LogP contribution in [0.25, 0.3) is 21.9 Å². The Kier molecular flexibility index (Phi) is 5.04. The molecule has 32 heavy (non-hydrogen) atoms. The van der Waals surface area contributed by atoms with Crippen molar-refractivity contribution >= 4 is 39.3 Å². The zero-order chi connectivity index (χ0) is 22.1. The lowest BCUT2D eigenvalue weighted by Crippen LogP contribution is -2.20. The number of hydrogen-bond donors (Lipinski definition) is 4. The fourth-order valence-corrected chi connectivity index (χ4v) is 3.87. The summed E-state index contributed by atoms with van der Waals surface area (Å²) in [6.07, 6.45) is 5.70. The smallest absolute Gasteiger partial charge is 0.323 e. The quantitative estimate of drug-likeness (QED) is 0.323. The molecule has 0 radical (unpaired) electrons. The van der Waals surface area contributed by atoms with Gasteiger partial charge in [0.1, 0.15) is 11.5 Å². The summed E-state index contributed by atoms with van der Waals surface area (Å²) in [6, 6.07) is 15.5. The van der Waals surface area contributed by atoms with Gasteiger partial charge in [-0.15, -0.1) is 0 Å². The average molecular weight is 428 g/mol. The standard InChI is InChI=1S/C24H21FN6O/c25-19-7-6-15(12-26)11-21(19)30-24(32)29-20-4-1-5-22-18(20)8-10-31(22)14-16-13-28-23-17(16)3-2-9-27-23/h1-11,13H,12,14,26H2,(H,27,28)(H2,29,30,32). The predicted octanol–water partition coefficient (Wildman–Crippen LogP) is 4.81. The molecule has 0 aliphatic carbocycles. The molecule has 2 amide bonds. The molecule has 0 aliphatic heterocycles. The van der Waals surface area contributed by atoms with Gasteiger partial charge in [0.15, 0.2) is 0 Å². The third kappa shape index (κ3) is 3.67. The molecule has 0 fully saturated rings.